The van der Waals surface area contributed by atoms with E-state index in [-0.39, 0.29) is 70.3 Å². The number of aryl methyl sites for hydroxylation is 1. The molecule has 0 N–H and O–H groups in total. The standard InChI is InChI=1S/C27H26BrCl2N3O5S/c1-17-14-18(28)6-7-19(17)23-4-2-8-33(23)26(34)20-15-25(22(30)16-21(20)29)39(36,37)32-11-9-31(10-12-32)27(35)24-5-3-13-38-24/h3,5-7,13-16,23H,2,4,8-12H2,1H3. The number of rotatable bonds is 5. The Morgan fingerprint density at radius 2 is 1.72 bits per heavy atom. The van der Waals surface area contributed by atoms with Crippen molar-refractivity contribution in [2.75, 3.05) is 32.7 Å². The molecule has 0 spiro atoms. The van der Waals surface area contributed by atoms with Crippen molar-refractivity contribution in [2.24, 2.45) is 0 Å². The zero-order valence-electron chi connectivity index (χ0n) is 21.1. The fourth-order valence-electron chi connectivity index (χ4n) is 5.22. The summed E-state index contributed by atoms with van der Waals surface area (Å²) in [6.45, 7) is 3.08. The van der Waals surface area contributed by atoms with Crippen molar-refractivity contribution in [3.8, 4) is 0 Å². The van der Waals surface area contributed by atoms with Gasteiger partial charge in [0.15, 0.2) is 5.76 Å². The predicted molar refractivity (Wildman–Crippen MR) is 152 cm³/mol. The largest absolute Gasteiger partial charge is 0.459 e. The molecule has 3 aromatic rings. The quantitative estimate of drug-likeness (QED) is 0.348. The number of furan rings is 1. The van der Waals surface area contributed by atoms with Crippen LogP contribution in [0.25, 0.3) is 0 Å². The number of halogens is 3. The number of hydrogen-bond donors (Lipinski definition) is 0. The van der Waals surface area contributed by atoms with Crippen LogP contribution in [0.15, 0.2) is 62.5 Å². The van der Waals surface area contributed by atoms with Crippen LogP contribution in [0.2, 0.25) is 10.0 Å². The lowest BCUT2D eigenvalue weighted by molar-refractivity contribution is 0.0665. The molecule has 3 heterocycles. The van der Waals surface area contributed by atoms with E-state index in [0.717, 1.165) is 28.4 Å². The number of amides is 2. The van der Waals surface area contributed by atoms with Gasteiger partial charge in [-0.15, -0.1) is 0 Å². The molecule has 2 amide bonds. The summed E-state index contributed by atoms with van der Waals surface area (Å²) in [5.74, 6) is -0.434. The molecule has 0 aliphatic carbocycles. The van der Waals surface area contributed by atoms with Crippen LogP contribution in [0, 0.1) is 6.92 Å². The summed E-state index contributed by atoms with van der Waals surface area (Å²) in [6, 6.07) is 11.6. The minimum Gasteiger partial charge on any atom is -0.459 e. The van der Waals surface area contributed by atoms with Gasteiger partial charge in [0.1, 0.15) is 4.90 Å². The summed E-state index contributed by atoms with van der Waals surface area (Å²) in [5, 5.41) is 0.0309. The number of sulfonamides is 1. The highest BCUT2D eigenvalue weighted by atomic mass is 79.9. The summed E-state index contributed by atoms with van der Waals surface area (Å²) in [7, 11) is -4.06. The van der Waals surface area contributed by atoms with Crippen LogP contribution in [0.3, 0.4) is 0 Å². The average Bonchev–Trinajstić information content (AvgIpc) is 3.61. The first-order valence-corrected chi connectivity index (χ1v) is 15.5. The van der Waals surface area contributed by atoms with E-state index in [1.807, 2.05) is 25.1 Å². The Hall–Kier alpha value is -2.37. The molecule has 0 saturated carbocycles. The topological polar surface area (TPSA) is 91.1 Å². The lowest BCUT2D eigenvalue weighted by atomic mass is 9.99. The number of carbonyl (C=O) groups excluding carboxylic acids is 2. The summed E-state index contributed by atoms with van der Waals surface area (Å²) in [5.41, 5.74) is 2.20. The van der Waals surface area contributed by atoms with Gasteiger partial charge in [0.05, 0.1) is 27.9 Å². The summed E-state index contributed by atoms with van der Waals surface area (Å²) < 4.78 is 34.7. The maximum atomic E-state index is 13.8. The maximum Gasteiger partial charge on any atom is 0.289 e. The van der Waals surface area contributed by atoms with E-state index >= 15 is 0 Å². The second-order valence-electron chi connectivity index (χ2n) is 9.59. The van der Waals surface area contributed by atoms with Gasteiger partial charge in [0, 0.05) is 37.2 Å². The average molecular weight is 655 g/mol. The Morgan fingerprint density at radius 1 is 0.974 bits per heavy atom. The minimum absolute atomic E-state index is 0.0626. The van der Waals surface area contributed by atoms with Gasteiger partial charge < -0.3 is 14.2 Å². The van der Waals surface area contributed by atoms with Crippen LogP contribution in [0.1, 0.15) is 50.9 Å². The van der Waals surface area contributed by atoms with Crippen LogP contribution in [-0.2, 0) is 10.0 Å². The van der Waals surface area contributed by atoms with Crippen LogP contribution >= 0.6 is 39.1 Å². The van der Waals surface area contributed by atoms with E-state index in [1.54, 1.807) is 21.9 Å². The molecule has 8 nitrogen and oxygen atoms in total. The summed E-state index contributed by atoms with van der Waals surface area (Å²) in [6.07, 6.45) is 3.04. The SMILES string of the molecule is Cc1cc(Br)ccc1C1CCCN1C(=O)c1cc(S(=O)(=O)N2CCN(C(=O)c3ccco3)CC2)c(Cl)cc1Cl. The van der Waals surface area contributed by atoms with Crippen LogP contribution in [-0.4, -0.2) is 67.1 Å². The monoisotopic (exact) mass is 653 g/mol. The molecule has 206 valence electrons. The third-order valence-electron chi connectivity index (χ3n) is 7.23. The number of piperazine rings is 1. The van der Waals surface area contributed by atoms with Gasteiger partial charge >= 0.3 is 0 Å². The first-order valence-electron chi connectivity index (χ1n) is 12.5. The molecule has 0 radical (unpaired) electrons. The normalized spacial score (nSPS) is 18.5. The van der Waals surface area contributed by atoms with E-state index < -0.39 is 10.0 Å². The smallest absolute Gasteiger partial charge is 0.289 e. The molecule has 1 atom stereocenters. The Labute approximate surface area is 245 Å². The van der Waals surface area contributed by atoms with E-state index in [4.69, 9.17) is 27.6 Å². The van der Waals surface area contributed by atoms with Gasteiger partial charge in [-0.25, -0.2) is 8.42 Å². The molecule has 39 heavy (non-hydrogen) atoms. The summed E-state index contributed by atoms with van der Waals surface area (Å²) in [4.78, 5) is 29.4. The first kappa shape index (κ1) is 28.2. The van der Waals surface area contributed by atoms with E-state index in [9.17, 15) is 18.0 Å². The molecular weight excluding hydrogens is 629 g/mol. The van der Waals surface area contributed by atoms with Crippen molar-refractivity contribution in [3.05, 3.63) is 85.7 Å². The number of nitrogens with zero attached hydrogens (tertiary/aromatic N) is 3. The molecule has 5 rings (SSSR count). The van der Waals surface area contributed by atoms with Crippen molar-refractivity contribution < 1.29 is 22.4 Å². The highest BCUT2D eigenvalue weighted by Crippen LogP contribution is 2.38. The summed E-state index contributed by atoms with van der Waals surface area (Å²) >= 11 is 16.3. The van der Waals surface area contributed by atoms with E-state index in [0.29, 0.717) is 6.54 Å². The molecule has 2 fully saturated rings. The zero-order valence-corrected chi connectivity index (χ0v) is 25.0. The number of carbonyl (C=O) groups is 2. The van der Waals surface area contributed by atoms with E-state index in [1.165, 1.54) is 22.7 Å². The lowest BCUT2D eigenvalue weighted by Crippen LogP contribution is -2.50. The third-order valence-corrected chi connectivity index (χ3v) is 10.4. The van der Waals surface area contributed by atoms with Crippen molar-refractivity contribution in [2.45, 2.75) is 30.7 Å². The first-order chi connectivity index (χ1) is 18.6. The fraction of sp³-hybridized carbons (Fsp3) is 0.333. The van der Waals surface area contributed by atoms with Crippen LogP contribution in [0.5, 0.6) is 0 Å². The fourth-order valence-corrected chi connectivity index (χ4v) is 7.94. The van der Waals surface area contributed by atoms with Gasteiger partial charge in [-0.1, -0.05) is 45.2 Å². The third kappa shape index (κ3) is 5.50. The van der Waals surface area contributed by atoms with Crippen molar-refractivity contribution >= 4 is 61.0 Å². The van der Waals surface area contributed by atoms with Crippen molar-refractivity contribution in [1.29, 1.82) is 0 Å². The lowest BCUT2D eigenvalue weighted by Gasteiger charge is -2.33. The highest BCUT2D eigenvalue weighted by molar-refractivity contribution is 9.10. The molecule has 1 unspecified atom stereocenters. The Bertz CT molecular complexity index is 1520. The van der Waals surface area contributed by atoms with Gasteiger partial charge in [0.2, 0.25) is 10.0 Å². The molecule has 2 aromatic carbocycles. The van der Waals surface area contributed by atoms with Crippen LogP contribution in [0.4, 0.5) is 0 Å². The zero-order chi connectivity index (χ0) is 27.9. The van der Waals surface area contributed by atoms with Gasteiger partial charge in [-0.05, 0) is 67.3 Å². The molecule has 2 aliphatic rings. The van der Waals surface area contributed by atoms with Gasteiger partial charge in [-0.2, -0.15) is 4.31 Å². The Balaban J connectivity index is 1.38. The molecule has 2 saturated heterocycles. The predicted octanol–water partition coefficient (Wildman–Crippen LogP) is 5.78. The van der Waals surface area contributed by atoms with Crippen molar-refractivity contribution in [3.63, 3.8) is 0 Å². The minimum atomic E-state index is -4.06. The molecular formula is C27H26BrCl2N3O5S. The maximum absolute atomic E-state index is 13.8. The van der Waals surface area contributed by atoms with Crippen LogP contribution < -0.4 is 0 Å². The number of likely N-dealkylation sites (tertiary alicyclic amines) is 1. The number of hydrogen-bond acceptors (Lipinski definition) is 5. The van der Waals surface area contributed by atoms with Gasteiger partial charge in [0.25, 0.3) is 11.8 Å². The molecule has 1 aromatic heterocycles. The molecule has 2 aliphatic heterocycles. The Kier molecular flexibility index (Phi) is 8.13. The second kappa shape index (κ2) is 11.2. The van der Waals surface area contributed by atoms with Gasteiger partial charge in [-0.3, -0.25) is 9.59 Å². The highest BCUT2D eigenvalue weighted by Gasteiger charge is 2.36. The molecule has 12 heteroatoms. The van der Waals surface area contributed by atoms with Crippen molar-refractivity contribution in [1.82, 2.24) is 14.1 Å². The molecule has 0 bridgehead atoms. The van der Waals surface area contributed by atoms with E-state index in [2.05, 4.69) is 15.9 Å². The Morgan fingerprint density at radius 3 is 2.38 bits per heavy atom. The second-order valence-corrected chi connectivity index (χ2v) is 13.2. The number of benzene rings is 2.